The van der Waals surface area contributed by atoms with Gasteiger partial charge in [0.25, 0.3) is 0 Å². The Morgan fingerprint density at radius 3 is 1.42 bits per heavy atom. The zero-order valence-corrected chi connectivity index (χ0v) is 8.72. The van der Waals surface area contributed by atoms with E-state index in [9.17, 15) is 0 Å². The Morgan fingerprint density at radius 1 is 0.833 bits per heavy atom. The molecule has 2 unspecified atom stereocenters. The van der Waals surface area contributed by atoms with Crippen LogP contribution in [0.15, 0.2) is 24.3 Å². The summed E-state index contributed by atoms with van der Waals surface area (Å²) in [6.07, 6.45) is 11.5. The molecule has 0 radical (unpaired) electrons. The quantitative estimate of drug-likeness (QED) is 0.580. The lowest BCUT2D eigenvalue weighted by atomic mass is 9.61. The molecule has 0 heterocycles. The zero-order chi connectivity index (χ0) is 9.24. The first-order valence-electron chi connectivity index (χ1n) is 4.95. The zero-order valence-electron chi connectivity index (χ0n) is 8.72. The van der Waals surface area contributed by atoms with Crippen molar-refractivity contribution < 1.29 is 0 Å². The number of hydrogen-bond donors (Lipinski definition) is 0. The number of rotatable bonds is 2. The van der Waals surface area contributed by atoms with Gasteiger partial charge in [0, 0.05) is 0 Å². The Bertz CT molecular complexity index is 188. The maximum atomic E-state index is 2.36. The molecule has 0 nitrogen and oxygen atoms in total. The Hall–Kier alpha value is -0.520. The first-order valence-corrected chi connectivity index (χ1v) is 4.95. The fraction of sp³-hybridized carbons (Fsp3) is 0.667. The van der Waals surface area contributed by atoms with Crippen LogP contribution in [0.25, 0.3) is 0 Å². The summed E-state index contributed by atoms with van der Waals surface area (Å²) in [4.78, 5) is 0. The summed E-state index contributed by atoms with van der Waals surface area (Å²) >= 11 is 0. The summed E-state index contributed by atoms with van der Waals surface area (Å²) in [5, 5.41) is 0. The van der Waals surface area contributed by atoms with Crippen molar-refractivity contribution in [3.05, 3.63) is 24.3 Å². The molecule has 12 heavy (non-hydrogen) atoms. The van der Waals surface area contributed by atoms with E-state index >= 15 is 0 Å². The van der Waals surface area contributed by atoms with Gasteiger partial charge in [-0.05, 0) is 23.7 Å². The van der Waals surface area contributed by atoms with Crippen molar-refractivity contribution >= 4 is 0 Å². The monoisotopic (exact) mass is 164 g/mol. The third-order valence-electron chi connectivity index (χ3n) is 3.81. The van der Waals surface area contributed by atoms with Crippen LogP contribution in [0.3, 0.4) is 0 Å². The van der Waals surface area contributed by atoms with E-state index in [1.54, 1.807) is 0 Å². The summed E-state index contributed by atoms with van der Waals surface area (Å²) in [6, 6.07) is 0. The van der Waals surface area contributed by atoms with Crippen LogP contribution in [0.4, 0.5) is 0 Å². The molecule has 0 heteroatoms. The molecule has 1 aliphatic rings. The maximum absolute atomic E-state index is 2.36. The van der Waals surface area contributed by atoms with Crippen LogP contribution in [0.1, 0.15) is 40.5 Å². The first kappa shape index (κ1) is 9.57. The van der Waals surface area contributed by atoms with Crippen LogP contribution >= 0.6 is 0 Å². The minimum Gasteiger partial charge on any atom is -0.0777 e. The van der Waals surface area contributed by atoms with Crippen molar-refractivity contribution in [3.63, 3.8) is 0 Å². The van der Waals surface area contributed by atoms with Gasteiger partial charge >= 0.3 is 0 Å². The van der Waals surface area contributed by atoms with Gasteiger partial charge in [0.05, 0.1) is 0 Å². The highest BCUT2D eigenvalue weighted by molar-refractivity contribution is 5.23. The van der Waals surface area contributed by atoms with Crippen molar-refractivity contribution in [1.82, 2.24) is 0 Å². The molecular weight excluding hydrogens is 144 g/mol. The lowest BCUT2D eigenvalue weighted by Crippen LogP contribution is -2.34. The smallest absolute Gasteiger partial charge is 0.00578 e. The van der Waals surface area contributed by atoms with Crippen molar-refractivity contribution in [2.45, 2.75) is 40.5 Å². The second-order valence-corrected chi connectivity index (χ2v) is 4.26. The van der Waals surface area contributed by atoms with E-state index in [2.05, 4.69) is 52.0 Å². The van der Waals surface area contributed by atoms with E-state index in [1.165, 1.54) is 12.8 Å². The fourth-order valence-electron chi connectivity index (χ4n) is 1.96. The Kier molecular flexibility index (Phi) is 2.46. The molecule has 1 aliphatic carbocycles. The Balaban J connectivity index is 2.99. The molecule has 0 saturated heterocycles. The molecule has 0 saturated carbocycles. The summed E-state index contributed by atoms with van der Waals surface area (Å²) in [6.45, 7) is 9.27. The number of hydrogen-bond acceptors (Lipinski definition) is 0. The van der Waals surface area contributed by atoms with Gasteiger partial charge in [-0.2, -0.15) is 0 Å². The van der Waals surface area contributed by atoms with Crippen LogP contribution in [0.5, 0.6) is 0 Å². The summed E-state index contributed by atoms with van der Waals surface area (Å²) < 4.78 is 0. The highest BCUT2D eigenvalue weighted by atomic mass is 14.4. The molecule has 2 atom stereocenters. The first-order chi connectivity index (χ1) is 5.58. The third kappa shape index (κ3) is 1.24. The van der Waals surface area contributed by atoms with Crippen LogP contribution in [0, 0.1) is 10.8 Å². The predicted molar refractivity (Wildman–Crippen MR) is 55.1 cm³/mol. The maximum Gasteiger partial charge on any atom is -0.00578 e. The molecule has 0 aliphatic heterocycles. The van der Waals surface area contributed by atoms with E-state index in [0.29, 0.717) is 10.8 Å². The number of allylic oxidation sites excluding steroid dienone is 4. The normalized spacial score (nSPS) is 40.3. The SMILES string of the molecule is CCC1(C)C=CC=CC1(C)CC. The van der Waals surface area contributed by atoms with Gasteiger partial charge < -0.3 is 0 Å². The van der Waals surface area contributed by atoms with Crippen LogP contribution in [-0.4, -0.2) is 0 Å². The van der Waals surface area contributed by atoms with E-state index in [1.807, 2.05) is 0 Å². The summed E-state index contributed by atoms with van der Waals surface area (Å²) in [5.74, 6) is 0. The van der Waals surface area contributed by atoms with Crippen LogP contribution in [0.2, 0.25) is 0 Å². The minimum atomic E-state index is 0.358. The fourth-order valence-corrected chi connectivity index (χ4v) is 1.96. The van der Waals surface area contributed by atoms with Crippen molar-refractivity contribution in [2.75, 3.05) is 0 Å². The second-order valence-electron chi connectivity index (χ2n) is 4.26. The molecule has 0 aromatic carbocycles. The molecule has 68 valence electrons. The topological polar surface area (TPSA) is 0 Å². The molecule has 0 amide bonds. The average molecular weight is 164 g/mol. The minimum absolute atomic E-state index is 0.358. The van der Waals surface area contributed by atoms with Gasteiger partial charge in [-0.15, -0.1) is 0 Å². The largest absolute Gasteiger partial charge is 0.0777 e. The standard InChI is InChI=1S/C12H20/c1-5-11(3)9-7-8-10-12(11,4)6-2/h7-10H,5-6H2,1-4H3. The molecule has 0 aromatic heterocycles. The summed E-state index contributed by atoms with van der Waals surface area (Å²) in [7, 11) is 0. The van der Waals surface area contributed by atoms with Crippen molar-refractivity contribution in [1.29, 1.82) is 0 Å². The van der Waals surface area contributed by atoms with Crippen LogP contribution < -0.4 is 0 Å². The van der Waals surface area contributed by atoms with E-state index in [4.69, 9.17) is 0 Å². The molecule has 0 bridgehead atoms. The second kappa shape index (κ2) is 3.08. The lowest BCUT2D eigenvalue weighted by molar-refractivity contribution is 0.165. The van der Waals surface area contributed by atoms with Gasteiger partial charge in [-0.1, -0.05) is 52.0 Å². The van der Waals surface area contributed by atoms with E-state index in [0.717, 1.165) is 0 Å². The molecule has 0 aromatic rings. The van der Waals surface area contributed by atoms with Gasteiger partial charge in [0.15, 0.2) is 0 Å². The van der Waals surface area contributed by atoms with Crippen molar-refractivity contribution in [2.24, 2.45) is 10.8 Å². The highest BCUT2D eigenvalue weighted by Gasteiger charge is 2.38. The Morgan fingerprint density at radius 2 is 1.17 bits per heavy atom. The van der Waals surface area contributed by atoms with Crippen LogP contribution in [-0.2, 0) is 0 Å². The molecule has 1 rings (SSSR count). The molecule has 0 spiro atoms. The van der Waals surface area contributed by atoms with Crippen molar-refractivity contribution in [3.8, 4) is 0 Å². The van der Waals surface area contributed by atoms with Gasteiger partial charge in [0.2, 0.25) is 0 Å². The summed E-state index contributed by atoms with van der Waals surface area (Å²) in [5.41, 5.74) is 0.715. The van der Waals surface area contributed by atoms with Gasteiger partial charge in [-0.3, -0.25) is 0 Å². The lowest BCUT2D eigenvalue weighted by Gasteiger charge is -2.43. The predicted octanol–water partition coefficient (Wildman–Crippen LogP) is 3.95. The molecular formula is C12H20. The van der Waals surface area contributed by atoms with Gasteiger partial charge in [0.1, 0.15) is 0 Å². The Labute approximate surface area is 76.4 Å². The van der Waals surface area contributed by atoms with E-state index in [-0.39, 0.29) is 0 Å². The molecule has 0 N–H and O–H groups in total. The van der Waals surface area contributed by atoms with Gasteiger partial charge in [-0.25, -0.2) is 0 Å². The third-order valence-corrected chi connectivity index (χ3v) is 3.81. The highest BCUT2D eigenvalue weighted by Crippen LogP contribution is 2.48. The average Bonchev–Trinajstić information content (AvgIpc) is 2.10. The molecule has 0 fully saturated rings. The van der Waals surface area contributed by atoms with E-state index < -0.39 is 0 Å².